The molecular formula is C27H34Cl2N8O. The fraction of sp³-hybridized carbons (Fsp3) is 0.556. The van der Waals surface area contributed by atoms with Crippen LogP contribution >= 0.6 is 23.2 Å². The van der Waals surface area contributed by atoms with E-state index in [1.807, 2.05) is 12.1 Å². The Bertz CT molecular complexity index is 1220. The quantitative estimate of drug-likeness (QED) is 0.530. The summed E-state index contributed by atoms with van der Waals surface area (Å²) in [6, 6.07) is 8.92. The average Bonchev–Trinajstić information content (AvgIpc) is 3.74. The highest BCUT2D eigenvalue weighted by Crippen LogP contribution is 2.30. The lowest BCUT2D eigenvalue weighted by atomic mass is 9.97. The normalized spacial score (nSPS) is 21.3. The van der Waals surface area contributed by atoms with Gasteiger partial charge in [0, 0.05) is 49.3 Å². The highest BCUT2D eigenvalue weighted by atomic mass is 35.5. The third kappa shape index (κ3) is 5.99. The fourth-order valence-electron chi connectivity index (χ4n) is 5.61. The van der Waals surface area contributed by atoms with Crippen molar-refractivity contribution in [2.45, 2.75) is 63.7 Å². The van der Waals surface area contributed by atoms with Gasteiger partial charge >= 0.3 is 0 Å². The van der Waals surface area contributed by atoms with E-state index in [0.29, 0.717) is 28.5 Å². The number of anilines is 2. The second kappa shape index (κ2) is 11.6. The Morgan fingerprint density at radius 1 is 1.16 bits per heavy atom. The molecule has 9 nitrogen and oxygen atoms in total. The molecule has 0 unspecified atom stereocenters. The number of amides is 1. The predicted molar refractivity (Wildman–Crippen MR) is 149 cm³/mol. The molecule has 3 fully saturated rings. The maximum Gasteiger partial charge on any atom is 0.274 e. The maximum absolute atomic E-state index is 12.4. The molecule has 0 radical (unpaired) electrons. The minimum absolute atomic E-state index is 0.101. The van der Waals surface area contributed by atoms with Crippen molar-refractivity contribution in [3.8, 4) is 6.07 Å². The second-order valence-corrected chi connectivity index (χ2v) is 11.3. The SMILES string of the molecule is CC[C@H]1CN(c2nc(N)c(C(=O)NC3CC3)nc2Cl)CCN1C1CCN(Cc2ccc(Cl)cc2C#N)CC1. The number of piperazine rings is 1. The number of nitrogens with one attached hydrogen (secondary N) is 1. The van der Waals surface area contributed by atoms with Crippen LogP contribution in [0.15, 0.2) is 18.2 Å². The van der Waals surface area contributed by atoms with Crippen LogP contribution in [0.4, 0.5) is 11.6 Å². The van der Waals surface area contributed by atoms with Crippen LogP contribution in [0.25, 0.3) is 0 Å². The lowest BCUT2D eigenvalue weighted by Gasteiger charge is -2.47. The summed E-state index contributed by atoms with van der Waals surface area (Å²) in [6.45, 7) is 7.43. The first kappa shape index (κ1) is 26.9. The van der Waals surface area contributed by atoms with Gasteiger partial charge in [-0.2, -0.15) is 5.26 Å². The molecule has 1 aliphatic carbocycles. The fourth-order valence-corrected chi connectivity index (χ4v) is 6.03. The third-order valence-corrected chi connectivity index (χ3v) is 8.39. The van der Waals surface area contributed by atoms with Gasteiger partial charge in [0.05, 0.1) is 11.6 Å². The van der Waals surface area contributed by atoms with Crippen molar-refractivity contribution >= 4 is 40.7 Å². The van der Waals surface area contributed by atoms with E-state index in [4.69, 9.17) is 28.9 Å². The molecule has 5 rings (SSSR count). The maximum atomic E-state index is 12.4. The minimum atomic E-state index is -0.312. The van der Waals surface area contributed by atoms with Gasteiger partial charge in [-0.1, -0.05) is 36.2 Å². The first-order valence-electron chi connectivity index (χ1n) is 13.4. The van der Waals surface area contributed by atoms with Gasteiger partial charge < -0.3 is 16.0 Å². The molecule has 1 aromatic carbocycles. The summed E-state index contributed by atoms with van der Waals surface area (Å²) in [6.07, 6.45) is 5.15. The van der Waals surface area contributed by atoms with Crippen LogP contribution in [-0.4, -0.2) is 76.5 Å². The Kier molecular flexibility index (Phi) is 8.24. The second-order valence-electron chi connectivity index (χ2n) is 10.5. The van der Waals surface area contributed by atoms with Gasteiger partial charge in [0.15, 0.2) is 22.5 Å². The van der Waals surface area contributed by atoms with Crippen LogP contribution in [0.2, 0.25) is 10.2 Å². The molecule has 2 saturated heterocycles. The summed E-state index contributed by atoms with van der Waals surface area (Å²) in [7, 11) is 0. The number of likely N-dealkylation sites (tertiary alicyclic amines) is 1. The highest BCUT2D eigenvalue weighted by molar-refractivity contribution is 6.32. The summed E-state index contributed by atoms with van der Waals surface area (Å²) in [4.78, 5) is 28.5. The van der Waals surface area contributed by atoms with Gasteiger partial charge in [0.2, 0.25) is 0 Å². The lowest BCUT2D eigenvalue weighted by molar-refractivity contribution is 0.0610. The number of halogens is 2. The summed E-state index contributed by atoms with van der Waals surface area (Å²) >= 11 is 12.6. The summed E-state index contributed by atoms with van der Waals surface area (Å²) in [5, 5.41) is 13.2. The highest BCUT2D eigenvalue weighted by Gasteiger charge is 2.35. The van der Waals surface area contributed by atoms with Crippen LogP contribution in [0.3, 0.4) is 0 Å². The van der Waals surface area contributed by atoms with E-state index >= 15 is 0 Å². The molecule has 0 bridgehead atoms. The van der Waals surface area contributed by atoms with E-state index in [1.54, 1.807) is 6.07 Å². The Hall–Kier alpha value is -2.64. The van der Waals surface area contributed by atoms with Crippen LogP contribution in [0.5, 0.6) is 0 Å². The molecule has 38 heavy (non-hydrogen) atoms. The molecule has 1 atom stereocenters. The smallest absolute Gasteiger partial charge is 0.274 e. The number of nitrogens with two attached hydrogens (primary N) is 1. The van der Waals surface area contributed by atoms with Gasteiger partial charge in [-0.25, -0.2) is 9.97 Å². The van der Waals surface area contributed by atoms with Crippen LogP contribution in [-0.2, 0) is 6.54 Å². The van der Waals surface area contributed by atoms with Gasteiger partial charge in [0.1, 0.15) is 0 Å². The number of nitriles is 1. The van der Waals surface area contributed by atoms with Crippen molar-refractivity contribution in [2.24, 2.45) is 0 Å². The van der Waals surface area contributed by atoms with E-state index in [9.17, 15) is 10.1 Å². The number of aromatic nitrogens is 2. The van der Waals surface area contributed by atoms with Crippen molar-refractivity contribution < 1.29 is 4.79 Å². The zero-order chi connectivity index (χ0) is 26.8. The van der Waals surface area contributed by atoms with E-state index in [1.165, 1.54) is 0 Å². The van der Waals surface area contributed by atoms with Crippen LogP contribution in [0.1, 0.15) is 60.6 Å². The van der Waals surface area contributed by atoms with Gasteiger partial charge in [-0.15, -0.1) is 0 Å². The number of hydrogen-bond donors (Lipinski definition) is 2. The molecule has 202 valence electrons. The first-order valence-corrected chi connectivity index (χ1v) is 14.2. The Morgan fingerprint density at radius 3 is 2.61 bits per heavy atom. The first-order chi connectivity index (χ1) is 18.4. The molecule has 3 N–H and O–H groups in total. The number of carbonyl (C=O) groups excluding carboxylic acids is 1. The van der Waals surface area contributed by atoms with E-state index in [2.05, 4.69) is 43.0 Å². The molecule has 0 spiro atoms. The number of nitrogen functional groups attached to an aromatic ring is 1. The molecule has 1 saturated carbocycles. The van der Waals surface area contributed by atoms with E-state index in [-0.39, 0.29) is 28.6 Å². The Labute approximate surface area is 233 Å². The molecule has 2 aromatic rings. The van der Waals surface area contributed by atoms with Gasteiger partial charge in [0.25, 0.3) is 5.91 Å². The molecule has 3 aliphatic rings. The monoisotopic (exact) mass is 556 g/mol. The zero-order valence-corrected chi connectivity index (χ0v) is 23.2. The van der Waals surface area contributed by atoms with E-state index in [0.717, 1.165) is 76.9 Å². The third-order valence-electron chi connectivity index (χ3n) is 7.90. The zero-order valence-electron chi connectivity index (χ0n) is 21.7. The van der Waals surface area contributed by atoms with Crippen molar-refractivity contribution in [1.29, 1.82) is 5.26 Å². The standard InChI is InChI=1S/C27H34Cl2N8O/c1-2-21-16-36(26-24(29)33-23(25(31)34-26)27(38)32-20-5-6-20)11-12-37(21)22-7-9-35(10-8-22)15-17-3-4-19(28)13-18(17)14-30/h3-4,13,20-22H,2,5-12,15-16H2,1H3,(H2,31,34)(H,32,38)/t21-/m0/s1. The molecule has 11 heteroatoms. The van der Waals surface area contributed by atoms with Crippen molar-refractivity contribution in [3.05, 3.63) is 45.2 Å². The van der Waals surface area contributed by atoms with Crippen molar-refractivity contribution in [3.63, 3.8) is 0 Å². The summed E-state index contributed by atoms with van der Waals surface area (Å²) in [5.74, 6) is 0.357. The van der Waals surface area contributed by atoms with Crippen molar-refractivity contribution in [1.82, 2.24) is 25.1 Å². The van der Waals surface area contributed by atoms with Gasteiger partial charge in [-0.3, -0.25) is 14.6 Å². The minimum Gasteiger partial charge on any atom is -0.382 e. The number of piperidine rings is 1. The number of hydrogen-bond acceptors (Lipinski definition) is 8. The van der Waals surface area contributed by atoms with E-state index < -0.39 is 0 Å². The van der Waals surface area contributed by atoms with Crippen molar-refractivity contribution in [2.75, 3.05) is 43.4 Å². The molecule has 1 amide bonds. The number of rotatable bonds is 7. The predicted octanol–water partition coefficient (Wildman–Crippen LogP) is 3.69. The molecule has 3 heterocycles. The molecule has 1 aromatic heterocycles. The summed E-state index contributed by atoms with van der Waals surface area (Å²) < 4.78 is 0. The van der Waals surface area contributed by atoms with Gasteiger partial charge in [-0.05, 0) is 62.9 Å². The summed E-state index contributed by atoms with van der Waals surface area (Å²) in [5.41, 5.74) is 7.93. The Balaban J connectivity index is 1.19. The lowest BCUT2D eigenvalue weighted by Crippen LogP contribution is -2.58. The molecular weight excluding hydrogens is 523 g/mol. The van der Waals surface area contributed by atoms with Crippen LogP contribution in [0, 0.1) is 11.3 Å². The largest absolute Gasteiger partial charge is 0.382 e. The average molecular weight is 558 g/mol. The number of carbonyl (C=O) groups is 1. The van der Waals surface area contributed by atoms with Crippen LogP contribution < -0.4 is 16.0 Å². The number of benzene rings is 1. The Morgan fingerprint density at radius 2 is 1.92 bits per heavy atom. The number of nitrogens with zero attached hydrogens (tertiary/aromatic N) is 6. The molecule has 2 aliphatic heterocycles. The topological polar surface area (TPSA) is 114 Å².